The fourth-order valence-corrected chi connectivity index (χ4v) is 3.04. The van der Waals surface area contributed by atoms with E-state index in [1.165, 1.54) is 37.6 Å². The van der Waals surface area contributed by atoms with Gasteiger partial charge in [0, 0.05) is 24.0 Å². The topological polar surface area (TPSA) is 125 Å². The molecule has 1 heterocycles. The van der Waals surface area contributed by atoms with Gasteiger partial charge in [-0.15, -0.1) is 0 Å². The van der Waals surface area contributed by atoms with Crippen molar-refractivity contribution in [3.8, 4) is 0 Å². The summed E-state index contributed by atoms with van der Waals surface area (Å²) in [5.74, 6) is -1.92. The number of anilines is 1. The van der Waals surface area contributed by atoms with Crippen molar-refractivity contribution in [2.75, 3.05) is 4.90 Å². The quantitative estimate of drug-likeness (QED) is 0.566. The highest BCUT2D eigenvalue weighted by molar-refractivity contribution is 6.42. The monoisotopic (exact) mass is 470 g/mol. The molecule has 2 atom stereocenters. The number of halogens is 2. The predicted molar refractivity (Wildman–Crippen MR) is 116 cm³/mol. The molecule has 11 heteroatoms. The van der Waals surface area contributed by atoms with Crippen LogP contribution in [0.4, 0.5) is 10.5 Å². The number of alkyl carbamates (subject to hydrolysis) is 1. The van der Waals surface area contributed by atoms with Crippen LogP contribution in [0.3, 0.4) is 0 Å². The molecular weight excluding hydrogens is 447 g/mol. The first kappa shape index (κ1) is 24.5. The summed E-state index contributed by atoms with van der Waals surface area (Å²) in [7, 11) is 0. The first-order valence-electron chi connectivity index (χ1n) is 9.36. The number of nitrogens with one attached hydrogen (secondary N) is 2. The predicted octanol–water partition coefficient (Wildman–Crippen LogP) is 3.66. The van der Waals surface area contributed by atoms with Gasteiger partial charge in [0.1, 0.15) is 17.7 Å². The van der Waals surface area contributed by atoms with Crippen LogP contribution in [0.15, 0.2) is 30.7 Å². The molecule has 0 bridgehead atoms. The molecule has 1 aromatic carbocycles. The lowest BCUT2D eigenvalue weighted by atomic mass is 10.1. The number of amides is 2. The summed E-state index contributed by atoms with van der Waals surface area (Å²) < 4.78 is 5.18. The van der Waals surface area contributed by atoms with Gasteiger partial charge in [0.05, 0.1) is 16.4 Å². The Morgan fingerprint density at radius 3 is 2.45 bits per heavy atom. The number of aliphatic carboxylic acids is 1. The number of carboxylic acid groups (broad SMARTS) is 1. The molecule has 0 fully saturated rings. The van der Waals surface area contributed by atoms with Gasteiger partial charge in [-0.3, -0.25) is 9.69 Å². The number of ether oxygens (including phenoxy) is 1. The van der Waals surface area contributed by atoms with E-state index in [4.69, 9.17) is 27.9 Å². The van der Waals surface area contributed by atoms with E-state index in [0.29, 0.717) is 5.69 Å². The van der Waals surface area contributed by atoms with Crippen molar-refractivity contribution in [1.82, 2.24) is 15.3 Å². The number of imidazole rings is 1. The third-order valence-corrected chi connectivity index (χ3v) is 4.83. The molecule has 0 spiro atoms. The van der Waals surface area contributed by atoms with Crippen LogP contribution in [0.1, 0.15) is 33.4 Å². The minimum Gasteiger partial charge on any atom is -0.480 e. The van der Waals surface area contributed by atoms with Crippen molar-refractivity contribution in [3.05, 3.63) is 46.5 Å². The van der Waals surface area contributed by atoms with Gasteiger partial charge in [-0.1, -0.05) is 23.2 Å². The standard InChI is InChI=1S/C20H24Cl2N4O5/c1-11(25-19(30)31-20(2,3)4)17(27)26(13-5-6-14(21)15(22)8-13)16(18(28)29)7-12-9-23-10-24-12/h5-6,8-11,16H,7H2,1-4H3,(H,23,24)(H,25,30)(H,28,29)/t11-,16-/m0/s1. The van der Waals surface area contributed by atoms with E-state index < -0.39 is 35.7 Å². The zero-order chi connectivity index (χ0) is 23.3. The third kappa shape index (κ3) is 6.86. The molecule has 9 nitrogen and oxygen atoms in total. The molecule has 2 amide bonds. The number of carbonyl (C=O) groups excluding carboxylic acids is 2. The van der Waals surface area contributed by atoms with Gasteiger partial charge in [-0.25, -0.2) is 14.6 Å². The summed E-state index contributed by atoms with van der Waals surface area (Å²) in [5.41, 5.74) is -0.0392. The van der Waals surface area contributed by atoms with Gasteiger partial charge in [0.2, 0.25) is 5.91 Å². The average Bonchev–Trinajstić information content (AvgIpc) is 3.15. The number of benzene rings is 1. The molecule has 2 rings (SSSR count). The average molecular weight is 471 g/mol. The van der Waals surface area contributed by atoms with E-state index in [9.17, 15) is 19.5 Å². The number of carbonyl (C=O) groups is 3. The fourth-order valence-electron chi connectivity index (χ4n) is 2.74. The summed E-state index contributed by atoms with van der Waals surface area (Å²) in [5, 5.41) is 12.7. The maximum absolute atomic E-state index is 13.3. The number of aromatic nitrogens is 2. The first-order chi connectivity index (χ1) is 14.4. The highest BCUT2D eigenvalue weighted by Crippen LogP contribution is 2.29. The Kier molecular flexibility index (Phi) is 7.91. The van der Waals surface area contributed by atoms with Gasteiger partial charge in [0.25, 0.3) is 0 Å². The Hall–Kier alpha value is -2.78. The zero-order valence-electron chi connectivity index (χ0n) is 17.5. The maximum atomic E-state index is 13.3. The molecule has 0 unspecified atom stereocenters. The van der Waals surface area contributed by atoms with Crippen molar-refractivity contribution in [3.63, 3.8) is 0 Å². The van der Waals surface area contributed by atoms with Gasteiger partial charge in [0.15, 0.2) is 0 Å². The van der Waals surface area contributed by atoms with Crippen molar-refractivity contribution >= 4 is 46.9 Å². The van der Waals surface area contributed by atoms with E-state index in [1.807, 2.05) is 0 Å². The van der Waals surface area contributed by atoms with Crippen LogP contribution in [0.25, 0.3) is 0 Å². The highest BCUT2D eigenvalue weighted by Gasteiger charge is 2.35. The maximum Gasteiger partial charge on any atom is 0.408 e. The SMILES string of the molecule is C[C@H](NC(=O)OC(C)(C)C)C(=O)N(c1ccc(Cl)c(Cl)c1)[C@@H](Cc1cnc[nH]1)C(=O)O. The van der Waals surface area contributed by atoms with Crippen LogP contribution in [0.2, 0.25) is 10.0 Å². The summed E-state index contributed by atoms with van der Waals surface area (Å²) >= 11 is 12.1. The molecule has 0 saturated heterocycles. The Balaban J connectivity index is 2.40. The molecule has 1 aromatic heterocycles. The number of hydrogen-bond donors (Lipinski definition) is 3. The van der Waals surface area contributed by atoms with Crippen LogP contribution in [0.5, 0.6) is 0 Å². The normalized spacial score (nSPS) is 13.2. The number of rotatable bonds is 7. The molecule has 0 aliphatic heterocycles. The van der Waals surface area contributed by atoms with Crippen LogP contribution in [-0.4, -0.2) is 50.7 Å². The smallest absolute Gasteiger partial charge is 0.408 e. The molecule has 31 heavy (non-hydrogen) atoms. The van der Waals surface area contributed by atoms with Gasteiger partial charge in [-0.05, 0) is 45.9 Å². The highest BCUT2D eigenvalue weighted by atomic mass is 35.5. The Morgan fingerprint density at radius 1 is 1.26 bits per heavy atom. The molecule has 3 N–H and O–H groups in total. The molecule has 0 aliphatic carbocycles. The lowest BCUT2D eigenvalue weighted by Gasteiger charge is -2.32. The van der Waals surface area contributed by atoms with E-state index in [2.05, 4.69) is 15.3 Å². The Morgan fingerprint density at radius 2 is 1.94 bits per heavy atom. The Bertz CT molecular complexity index is 944. The molecule has 0 radical (unpaired) electrons. The lowest BCUT2D eigenvalue weighted by Crippen LogP contribution is -2.54. The van der Waals surface area contributed by atoms with Gasteiger partial charge < -0.3 is 20.1 Å². The molecule has 0 aliphatic rings. The second-order valence-corrected chi connectivity index (χ2v) is 8.62. The van der Waals surface area contributed by atoms with E-state index >= 15 is 0 Å². The van der Waals surface area contributed by atoms with Crippen molar-refractivity contribution < 1.29 is 24.2 Å². The van der Waals surface area contributed by atoms with E-state index in [0.717, 1.165) is 4.90 Å². The van der Waals surface area contributed by atoms with Crippen LogP contribution >= 0.6 is 23.2 Å². The van der Waals surface area contributed by atoms with Crippen LogP contribution in [0, 0.1) is 0 Å². The minimum absolute atomic E-state index is 0.0551. The zero-order valence-corrected chi connectivity index (χ0v) is 19.0. The molecule has 168 valence electrons. The van der Waals surface area contributed by atoms with Crippen LogP contribution < -0.4 is 10.2 Å². The summed E-state index contributed by atoms with van der Waals surface area (Å²) in [6.07, 6.45) is 2.02. The van der Waals surface area contributed by atoms with E-state index in [1.54, 1.807) is 20.8 Å². The number of aromatic amines is 1. The lowest BCUT2D eigenvalue weighted by molar-refractivity contribution is -0.140. The van der Waals surface area contributed by atoms with E-state index in [-0.39, 0.29) is 22.2 Å². The fraction of sp³-hybridized carbons (Fsp3) is 0.400. The number of nitrogens with zero attached hydrogens (tertiary/aromatic N) is 2. The number of H-pyrrole nitrogens is 1. The minimum atomic E-state index is -1.31. The molecule has 2 aromatic rings. The summed E-state index contributed by atoms with van der Waals surface area (Å²) in [6, 6.07) is 1.93. The second-order valence-electron chi connectivity index (χ2n) is 7.81. The summed E-state index contributed by atoms with van der Waals surface area (Å²) in [6.45, 7) is 6.50. The van der Waals surface area contributed by atoms with Gasteiger partial charge in [-0.2, -0.15) is 0 Å². The summed E-state index contributed by atoms with van der Waals surface area (Å²) in [4.78, 5) is 45.3. The van der Waals surface area contributed by atoms with Crippen LogP contribution in [-0.2, 0) is 20.7 Å². The largest absolute Gasteiger partial charge is 0.480 e. The first-order valence-corrected chi connectivity index (χ1v) is 10.1. The molecular formula is C20H24Cl2N4O5. The van der Waals surface area contributed by atoms with Crippen molar-refractivity contribution in [1.29, 1.82) is 0 Å². The second kappa shape index (κ2) is 10.0. The third-order valence-electron chi connectivity index (χ3n) is 4.09. The van der Waals surface area contributed by atoms with Crippen molar-refractivity contribution in [2.24, 2.45) is 0 Å². The molecule has 0 saturated carbocycles. The number of carboxylic acids is 1. The van der Waals surface area contributed by atoms with Crippen molar-refractivity contribution in [2.45, 2.75) is 51.8 Å². The Labute approximate surface area is 189 Å². The number of hydrogen-bond acceptors (Lipinski definition) is 5. The van der Waals surface area contributed by atoms with Gasteiger partial charge >= 0.3 is 12.1 Å².